The topological polar surface area (TPSA) is 52.5 Å². The third-order valence-corrected chi connectivity index (χ3v) is 3.63. The zero-order valence-electron chi connectivity index (χ0n) is 12.2. The van der Waals surface area contributed by atoms with Crippen LogP contribution < -0.4 is 4.90 Å². The van der Waals surface area contributed by atoms with Gasteiger partial charge in [0.2, 0.25) is 0 Å². The van der Waals surface area contributed by atoms with Crippen molar-refractivity contribution in [1.29, 1.82) is 0 Å². The van der Waals surface area contributed by atoms with Crippen molar-refractivity contribution in [3.05, 3.63) is 30.7 Å². The Bertz CT molecular complexity index is 430. The lowest BCUT2D eigenvalue weighted by molar-refractivity contribution is 0.103. The molecule has 1 aromatic rings. The number of β-amino-alcohol motifs (C(OH)–C–C–N with tert-alkyl or cyclic N) is 1. The summed E-state index contributed by atoms with van der Waals surface area (Å²) in [5, 5.41) is 9.93. The van der Waals surface area contributed by atoms with Crippen molar-refractivity contribution in [1.82, 2.24) is 14.9 Å². The van der Waals surface area contributed by atoms with Gasteiger partial charge in [0.15, 0.2) is 0 Å². The Hall–Kier alpha value is -1.46. The molecule has 20 heavy (non-hydrogen) atoms. The van der Waals surface area contributed by atoms with Crippen LogP contribution in [0.2, 0.25) is 0 Å². The first-order valence-electron chi connectivity index (χ1n) is 7.25. The standard InChI is InChI=1S/C15H24N4O/c1-3-4-5-14(20)12-18-8-10-19(11-9-18)15-6-7-16-13(2)17-15/h3,6-7,14,20H,1,4-5,8-12H2,2H3/t14-/m1/s1. The number of aromatic nitrogens is 2. The van der Waals surface area contributed by atoms with Gasteiger partial charge in [-0.05, 0) is 25.8 Å². The van der Waals surface area contributed by atoms with E-state index < -0.39 is 0 Å². The number of anilines is 1. The smallest absolute Gasteiger partial charge is 0.132 e. The predicted octanol–water partition coefficient (Wildman–Crippen LogP) is 1.23. The average Bonchev–Trinajstić information content (AvgIpc) is 2.46. The molecule has 0 aliphatic carbocycles. The van der Waals surface area contributed by atoms with E-state index in [4.69, 9.17) is 0 Å². The van der Waals surface area contributed by atoms with Gasteiger partial charge in [0.05, 0.1) is 6.10 Å². The molecule has 1 atom stereocenters. The molecule has 2 heterocycles. The molecule has 0 radical (unpaired) electrons. The maximum Gasteiger partial charge on any atom is 0.132 e. The highest BCUT2D eigenvalue weighted by molar-refractivity contribution is 5.37. The van der Waals surface area contributed by atoms with Crippen LogP contribution in [0.1, 0.15) is 18.7 Å². The molecule has 1 aromatic heterocycles. The summed E-state index contributed by atoms with van der Waals surface area (Å²) in [7, 11) is 0. The van der Waals surface area contributed by atoms with Gasteiger partial charge in [-0.2, -0.15) is 0 Å². The van der Waals surface area contributed by atoms with E-state index in [0.717, 1.165) is 57.2 Å². The molecule has 110 valence electrons. The molecular formula is C15H24N4O. The van der Waals surface area contributed by atoms with Gasteiger partial charge in [0.1, 0.15) is 11.6 Å². The molecule has 0 unspecified atom stereocenters. The number of aryl methyl sites for hydroxylation is 1. The van der Waals surface area contributed by atoms with Crippen LogP contribution in [-0.4, -0.2) is 58.8 Å². The lowest BCUT2D eigenvalue weighted by atomic mass is 10.1. The molecule has 0 spiro atoms. The summed E-state index contributed by atoms with van der Waals surface area (Å²) in [6.45, 7) is 10.2. The van der Waals surface area contributed by atoms with Gasteiger partial charge >= 0.3 is 0 Å². The molecule has 2 rings (SSSR count). The highest BCUT2D eigenvalue weighted by Crippen LogP contribution is 2.13. The lowest BCUT2D eigenvalue weighted by Gasteiger charge is -2.36. The van der Waals surface area contributed by atoms with Crippen molar-refractivity contribution in [3.8, 4) is 0 Å². The van der Waals surface area contributed by atoms with E-state index in [1.165, 1.54) is 0 Å². The third kappa shape index (κ3) is 4.28. The molecule has 1 aliphatic rings. The van der Waals surface area contributed by atoms with Gasteiger partial charge in [0, 0.05) is 38.9 Å². The van der Waals surface area contributed by atoms with Crippen molar-refractivity contribution in [2.24, 2.45) is 0 Å². The lowest BCUT2D eigenvalue weighted by Crippen LogP contribution is -2.48. The van der Waals surface area contributed by atoms with Gasteiger partial charge in [-0.1, -0.05) is 6.08 Å². The van der Waals surface area contributed by atoms with Gasteiger partial charge in [-0.3, -0.25) is 4.90 Å². The van der Waals surface area contributed by atoms with E-state index in [0.29, 0.717) is 0 Å². The van der Waals surface area contributed by atoms with Gasteiger partial charge in [-0.15, -0.1) is 6.58 Å². The van der Waals surface area contributed by atoms with Gasteiger partial charge < -0.3 is 10.0 Å². The summed E-state index contributed by atoms with van der Waals surface area (Å²) in [5.74, 6) is 1.81. The van der Waals surface area contributed by atoms with Crippen LogP contribution in [0.15, 0.2) is 24.9 Å². The largest absolute Gasteiger partial charge is 0.392 e. The number of rotatable bonds is 6. The molecule has 1 fully saturated rings. The van der Waals surface area contributed by atoms with Crippen molar-refractivity contribution in [2.45, 2.75) is 25.9 Å². The zero-order valence-corrected chi connectivity index (χ0v) is 12.2. The number of piperazine rings is 1. The van der Waals surface area contributed by atoms with Crippen LogP contribution in [0.5, 0.6) is 0 Å². The predicted molar refractivity (Wildman–Crippen MR) is 80.9 cm³/mol. The molecule has 0 saturated carbocycles. The number of allylic oxidation sites excluding steroid dienone is 1. The van der Waals surface area contributed by atoms with Crippen LogP contribution in [0.4, 0.5) is 5.82 Å². The highest BCUT2D eigenvalue weighted by atomic mass is 16.3. The van der Waals surface area contributed by atoms with E-state index in [1.807, 2.05) is 25.3 Å². The molecule has 1 saturated heterocycles. The Labute approximate surface area is 121 Å². The van der Waals surface area contributed by atoms with E-state index in [2.05, 4.69) is 26.3 Å². The van der Waals surface area contributed by atoms with Crippen LogP contribution >= 0.6 is 0 Å². The second-order valence-electron chi connectivity index (χ2n) is 5.27. The minimum atomic E-state index is -0.249. The summed E-state index contributed by atoms with van der Waals surface area (Å²) < 4.78 is 0. The zero-order chi connectivity index (χ0) is 14.4. The summed E-state index contributed by atoms with van der Waals surface area (Å²) in [6, 6.07) is 1.96. The summed E-state index contributed by atoms with van der Waals surface area (Å²) >= 11 is 0. The fourth-order valence-electron chi connectivity index (χ4n) is 2.48. The highest BCUT2D eigenvalue weighted by Gasteiger charge is 2.19. The first-order valence-corrected chi connectivity index (χ1v) is 7.25. The molecule has 1 aliphatic heterocycles. The Kier molecular flexibility index (Phi) is 5.49. The van der Waals surface area contributed by atoms with E-state index in [9.17, 15) is 5.11 Å². The summed E-state index contributed by atoms with van der Waals surface area (Å²) in [6.07, 6.45) is 5.10. The Morgan fingerprint density at radius 1 is 1.40 bits per heavy atom. The van der Waals surface area contributed by atoms with Gasteiger partial charge in [-0.25, -0.2) is 9.97 Å². The van der Waals surface area contributed by atoms with E-state index in [-0.39, 0.29) is 6.10 Å². The Morgan fingerprint density at radius 2 is 2.15 bits per heavy atom. The van der Waals surface area contributed by atoms with Crippen LogP contribution in [0, 0.1) is 6.92 Å². The Balaban J connectivity index is 1.79. The summed E-state index contributed by atoms with van der Waals surface area (Å²) in [5.41, 5.74) is 0. The SMILES string of the molecule is C=CCC[C@@H](O)CN1CCN(c2ccnc(C)n2)CC1. The monoisotopic (exact) mass is 276 g/mol. The average molecular weight is 276 g/mol. The fourth-order valence-corrected chi connectivity index (χ4v) is 2.48. The van der Waals surface area contributed by atoms with E-state index >= 15 is 0 Å². The first-order chi connectivity index (χ1) is 9.69. The maximum atomic E-state index is 9.93. The normalized spacial score (nSPS) is 18.0. The second-order valence-corrected chi connectivity index (χ2v) is 5.27. The quantitative estimate of drug-likeness (QED) is 0.792. The number of aliphatic hydroxyl groups excluding tert-OH is 1. The maximum absolute atomic E-state index is 9.93. The number of hydrogen-bond acceptors (Lipinski definition) is 5. The molecule has 5 heteroatoms. The molecule has 1 N–H and O–H groups in total. The molecule has 0 bridgehead atoms. The minimum Gasteiger partial charge on any atom is -0.392 e. The van der Waals surface area contributed by atoms with Crippen LogP contribution in [-0.2, 0) is 0 Å². The minimum absolute atomic E-state index is 0.249. The second kappa shape index (κ2) is 7.36. The van der Waals surface area contributed by atoms with E-state index in [1.54, 1.807) is 0 Å². The number of nitrogens with zero attached hydrogens (tertiary/aromatic N) is 4. The Morgan fingerprint density at radius 3 is 2.80 bits per heavy atom. The summed E-state index contributed by atoms with van der Waals surface area (Å²) in [4.78, 5) is 13.2. The molecule has 5 nitrogen and oxygen atoms in total. The van der Waals surface area contributed by atoms with Crippen molar-refractivity contribution >= 4 is 5.82 Å². The van der Waals surface area contributed by atoms with Crippen LogP contribution in [0.25, 0.3) is 0 Å². The molecular weight excluding hydrogens is 252 g/mol. The fraction of sp³-hybridized carbons (Fsp3) is 0.600. The molecule has 0 amide bonds. The van der Waals surface area contributed by atoms with Crippen molar-refractivity contribution in [2.75, 3.05) is 37.6 Å². The van der Waals surface area contributed by atoms with Gasteiger partial charge in [0.25, 0.3) is 0 Å². The third-order valence-electron chi connectivity index (χ3n) is 3.63. The number of aliphatic hydroxyl groups is 1. The van der Waals surface area contributed by atoms with Crippen molar-refractivity contribution < 1.29 is 5.11 Å². The molecule has 0 aromatic carbocycles. The first kappa shape index (κ1) is 14.9. The van der Waals surface area contributed by atoms with Crippen LogP contribution in [0.3, 0.4) is 0 Å². The number of hydrogen-bond donors (Lipinski definition) is 1. The van der Waals surface area contributed by atoms with Crippen molar-refractivity contribution in [3.63, 3.8) is 0 Å².